The number of ether oxygens (including phenoxy) is 3. The summed E-state index contributed by atoms with van der Waals surface area (Å²) in [5.74, 6) is -0.0276. The Hall–Kier alpha value is -3.11. The maximum atomic E-state index is 12.3. The van der Waals surface area contributed by atoms with Gasteiger partial charge < -0.3 is 19.5 Å². The van der Waals surface area contributed by atoms with E-state index in [1.807, 2.05) is 0 Å². The van der Waals surface area contributed by atoms with Gasteiger partial charge in [0.05, 0.1) is 12.0 Å². The van der Waals surface area contributed by atoms with Gasteiger partial charge in [0.1, 0.15) is 6.54 Å². The normalized spacial score (nSPS) is 12.5. The van der Waals surface area contributed by atoms with Gasteiger partial charge in [0.2, 0.25) is 16.8 Å². The van der Waals surface area contributed by atoms with E-state index >= 15 is 0 Å². The van der Waals surface area contributed by atoms with E-state index in [0.29, 0.717) is 22.7 Å². The highest BCUT2D eigenvalue weighted by Crippen LogP contribution is 2.32. The largest absolute Gasteiger partial charge is 0.468 e. The molecule has 1 heterocycles. The quantitative estimate of drug-likeness (QED) is 0.707. The fourth-order valence-corrected chi connectivity index (χ4v) is 3.24. The third-order valence-corrected chi connectivity index (χ3v) is 5.11. The lowest BCUT2D eigenvalue weighted by atomic mass is 10.2. The number of benzene rings is 2. The molecule has 2 aromatic rings. The Morgan fingerprint density at radius 1 is 1.07 bits per heavy atom. The summed E-state index contributed by atoms with van der Waals surface area (Å²) < 4.78 is 41.1. The van der Waals surface area contributed by atoms with Crippen LogP contribution in [0.25, 0.3) is 0 Å². The van der Waals surface area contributed by atoms with Crippen molar-refractivity contribution in [3.8, 4) is 11.5 Å². The molecule has 1 amide bonds. The second-order valence-electron chi connectivity index (χ2n) is 5.45. The highest BCUT2D eigenvalue weighted by atomic mass is 32.2. The molecule has 0 unspecified atom stereocenters. The standard InChI is InChI=1S/C17H16N2O7S/c1-24-16(20)9-18-27(22,23)13-5-3-12(4-6-13)19-17(21)11-2-7-14-15(8-11)26-10-25-14/h2-8,18H,9-10H2,1H3,(H,19,21). The van der Waals surface area contributed by atoms with Crippen LogP contribution in [-0.4, -0.2) is 40.7 Å². The van der Waals surface area contributed by atoms with Gasteiger partial charge in [-0.3, -0.25) is 9.59 Å². The average molecular weight is 392 g/mol. The van der Waals surface area contributed by atoms with Crippen molar-refractivity contribution >= 4 is 27.6 Å². The highest BCUT2D eigenvalue weighted by Gasteiger charge is 2.18. The zero-order valence-electron chi connectivity index (χ0n) is 14.2. The first-order chi connectivity index (χ1) is 12.9. The van der Waals surface area contributed by atoms with Gasteiger partial charge >= 0.3 is 5.97 Å². The van der Waals surface area contributed by atoms with E-state index in [9.17, 15) is 18.0 Å². The van der Waals surface area contributed by atoms with Crippen molar-refractivity contribution in [2.45, 2.75) is 4.90 Å². The molecule has 1 aliphatic rings. The molecule has 0 radical (unpaired) electrons. The fourth-order valence-electron chi connectivity index (χ4n) is 2.27. The second kappa shape index (κ2) is 7.64. The monoisotopic (exact) mass is 392 g/mol. The van der Waals surface area contributed by atoms with Gasteiger partial charge in [-0.05, 0) is 42.5 Å². The molecule has 27 heavy (non-hydrogen) atoms. The van der Waals surface area contributed by atoms with Gasteiger partial charge in [-0.1, -0.05) is 0 Å². The van der Waals surface area contributed by atoms with Gasteiger partial charge in [0, 0.05) is 11.3 Å². The molecule has 3 rings (SSSR count). The molecule has 0 saturated heterocycles. The summed E-state index contributed by atoms with van der Waals surface area (Å²) in [4.78, 5) is 23.3. The van der Waals surface area contributed by atoms with Gasteiger partial charge in [-0.15, -0.1) is 0 Å². The van der Waals surface area contributed by atoms with Crippen LogP contribution >= 0.6 is 0 Å². The lowest BCUT2D eigenvalue weighted by Gasteiger charge is -2.08. The Balaban J connectivity index is 1.67. The molecular formula is C17H16N2O7S. The van der Waals surface area contributed by atoms with Gasteiger partial charge in [-0.2, -0.15) is 4.72 Å². The van der Waals surface area contributed by atoms with Crippen molar-refractivity contribution in [1.82, 2.24) is 4.72 Å². The Labute approximate surface area is 155 Å². The van der Waals surface area contributed by atoms with Crippen LogP contribution in [0.1, 0.15) is 10.4 Å². The summed E-state index contributed by atoms with van der Waals surface area (Å²) in [6.45, 7) is -0.359. The van der Waals surface area contributed by atoms with Crippen molar-refractivity contribution in [1.29, 1.82) is 0 Å². The molecule has 1 aliphatic heterocycles. The third kappa shape index (κ3) is 4.36. The van der Waals surface area contributed by atoms with Crippen LogP contribution < -0.4 is 19.5 Å². The minimum absolute atomic E-state index is 0.0486. The number of sulfonamides is 1. The van der Waals surface area contributed by atoms with Gasteiger partial charge in [-0.25, -0.2) is 8.42 Å². The zero-order chi connectivity index (χ0) is 19.4. The average Bonchev–Trinajstić information content (AvgIpc) is 3.14. The Morgan fingerprint density at radius 3 is 2.48 bits per heavy atom. The highest BCUT2D eigenvalue weighted by molar-refractivity contribution is 7.89. The summed E-state index contributed by atoms with van der Waals surface area (Å²) in [5.41, 5.74) is 0.778. The molecule has 142 valence electrons. The van der Waals surface area contributed by atoms with Crippen LogP contribution in [0.4, 0.5) is 5.69 Å². The number of amides is 1. The number of hydrogen-bond acceptors (Lipinski definition) is 7. The molecule has 10 heteroatoms. The van der Waals surface area contributed by atoms with Crippen LogP contribution in [0.2, 0.25) is 0 Å². The molecule has 2 aromatic carbocycles. The first kappa shape index (κ1) is 18.7. The molecule has 0 atom stereocenters. The number of methoxy groups -OCH3 is 1. The summed E-state index contributed by atoms with van der Waals surface area (Å²) in [6.07, 6.45) is 0. The molecular weight excluding hydrogens is 376 g/mol. The maximum absolute atomic E-state index is 12.3. The first-order valence-electron chi connectivity index (χ1n) is 7.76. The third-order valence-electron chi connectivity index (χ3n) is 3.69. The molecule has 0 aromatic heterocycles. The van der Waals surface area contributed by atoms with Gasteiger partial charge in [0.15, 0.2) is 11.5 Å². The zero-order valence-corrected chi connectivity index (χ0v) is 15.0. The van der Waals surface area contributed by atoms with Crippen molar-refractivity contribution in [3.05, 3.63) is 48.0 Å². The number of nitrogens with one attached hydrogen (secondary N) is 2. The Morgan fingerprint density at radius 2 is 1.78 bits per heavy atom. The van der Waals surface area contributed by atoms with E-state index in [0.717, 1.165) is 7.11 Å². The van der Waals surface area contributed by atoms with Crippen molar-refractivity contribution in [2.75, 3.05) is 25.8 Å². The summed E-state index contributed by atoms with van der Waals surface area (Å²) in [7, 11) is -2.70. The summed E-state index contributed by atoms with van der Waals surface area (Å²) in [6, 6.07) is 10.3. The predicted molar refractivity (Wildman–Crippen MR) is 94.2 cm³/mol. The predicted octanol–water partition coefficient (Wildman–Crippen LogP) is 1.12. The number of carbonyl (C=O) groups is 2. The van der Waals surface area contributed by atoms with E-state index in [1.165, 1.54) is 24.3 Å². The lowest BCUT2D eigenvalue weighted by Crippen LogP contribution is -2.30. The smallest absolute Gasteiger partial charge is 0.320 e. The van der Waals surface area contributed by atoms with Crippen LogP contribution in [0.15, 0.2) is 47.4 Å². The molecule has 9 nitrogen and oxygen atoms in total. The van der Waals surface area contributed by atoms with Crippen LogP contribution in [0.3, 0.4) is 0 Å². The Bertz CT molecular complexity index is 971. The molecule has 0 saturated carbocycles. The molecule has 0 spiro atoms. The van der Waals surface area contributed by atoms with E-state index in [2.05, 4.69) is 14.8 Å². The lowest BCUT2D eigenvalue weighted by molar-refractivity contribution is -0.139. The molecule has 0 bridgehead atoms. The molecule has 0 aliphatic carbocycles. The van der Waals surface area contributed by atoms with Crippen LogP contribution in [0.5, 0.6) is 11.5 Å². The molecule has 2 N–H and O–H groups in total. The van der Waals surface area contributed by atoms with Crippen LogP contribution in [0, 0.1) is 0 Å². The Kier molecular flexibility index (Phi) is 5.28. The summed E-state index contributed by atoms with van der Waals surface area (Å²) >= 11 is 0. The number of anilines is 1. The minimum atomic E-state index is -3.86. The van der Waals surface area contributed by atoms with E-state index in [-0.39, 0.29) is 17.6 Å². The SMILES string of the molecule is COC(=O)CNS(=O)(=O)c1ccc(NC(=O)c2ccc3c(c2)OCO3)cc1. The van der Waals surface area contributed by atoms with Gasteiger partial charge in [0.25, 0.3) is 5.91 Å². The summed E-state index contributed by atoms with van der Waals surface area (Å²) in [5, 5.41) is 2.66. The van der Waals surface area contributed by atoms with E-state index < -0.39 is 22.5 Å². The number of rotatable bonds is 6. The molecule has 0 fully saturated rings. The minimum Gasteiger partial charge on any atom is -0.468 e. The number of fused-ring (bicyclic) bond motifs is 1. The maximum Gasteiger partial charge on any atom is 0.320 e. The second-order valence-corrected chi connectivity index (χ2v) is 7.21. The topological polar surface area (TPSA) is 120 Å². The van der Waals surface area contributed by atoms with Crippen LogP contribution in [-0.2, 0) is 19.6 Å². The fraction of sp³-hybridized carbons (Fsp3) is 0.176. The van der Waals surface area contributed by atoms with Crippen molar-refractivity contribution in [3.63, 3.8) is 0 Å². The van der Waals surface area contributed by atoms with E-state index in [1.54, 1.807) is 18.2 Å². The number of hydrogen-bond donors (Lipinski definition) is 2. The van der Waals surface area contributed by atoms with E-state index in [4.69, 9.17) is 9.47 Å². The van der Waals surface area contributed by atoms with Crippen molar-refractivity contribution < 1.29 is 32.2 Å². The number of carbonyl (C=O) groups excluding carboxylic acids is 2. The van der Waals surface area contributed by atoms with Crippen molar-refractivity contribution in [2.24, 2.45) is 0 Å². The first-order valence-corrected chi connectivity index (χ1v) is 9.25. The number of esters is 1.